The zero-order valence-corrected chi connectivity index (χ0v) is 13.5. The molecule has 0 bridgehead atoms. The highest BCUT2D eigenvalue weighted by atomic mass is 16.5. The lowest BCUT2D eigenvalue weighted by Gasteiger charge is -2.39. The number of amides is 3. The van der Waals surface area contributed by atoms with Crippen molar-refractivity contribution < 1.29 is 19.1 Å². The second-order valence-corrected chi connectivity index (χ2v) is 5.29. The molecular formula is C16H21N3O4. The van der Waals surface area contributed by atoms with Crippen LogP contribution in [0.2, 0.25) is 0 Å². The van der Waals surface area contributed by atoms with Gasteiger partial charge in [0.2, 0.25) is 5.91 Å². The zero-order valence-electron chi connectivity index (χ0n) is 13.5. The third-order valence-corrected chi connectivity index (χ3v) is 3.66. The average molecular weight is 319 g/mol. The quantitative estimate of drug-likeness (QED) is 0.771. The van der Waals surface area contributed by atoms with Gasteiger partial charge in [-0.05, 0) is 32.9 Å². The van der Waals surface area contributed by atoms with Crippen molar-refractivity contribution in [1.82, 2.24) is 10.6 Å². The molecule has 2 N–H and O–H groups in total. The van der Waals surface area contributed by atoms with Crippen LogP contribution in [0.3, 0.4) is 0 Å². The Kier molecular flexibility index (Phi) is 4.88. The molecule has 0 radical (unpaired) electrons. The summed E-state index contributed by atoms with van der Waals surface area (Å²) in [6, 6.07) is 7.05. The van der Waals surface area contributed by atoms with Gasteiger partial charge in [-0.2, -0.15) is 0 Å². The molecule has 2 rings (SSSR count). The summed E-state index contributed by atoms with van der Waals surface area (Å²) in [5.74, 6) is -0.945. The number of rotatable bonds is 5. The summed E-state index contributed by atoms with van der Waals surface area (Å²) < 4.78 is 5.68. The number of hydrogen-bond donors (Lipinski definition) is 2. The maximum Gasteiger partial charge on any atom is 0.280 e. The molecule has 124 valence electrons. The molecule has 1 aliphatic rings. The summed E-state index contributed by atoms with van der Waals surface area (Å²) in [6.07, 6.45) is 0. The van der Waals surface area contributed by atoms with Gasteiger partial charge in [-0.25, -0.2) is 0 Å². The summed E-state index contributed by atoms with van der Waals surface area (Å²) in [5, 5.41) is 5.03. The number of likely N-dealkylation sites (N-methyl/N-ethyl adjacent to an activating group) is 2. The van der Waals surface area contributed by atoms with E-state index < -0.39 is 17.4 Å². The summed E-state index contributed by atoms with van der Waals surface area (Å²) in [6.45, 7) is 5.71. The van der Waals surface area contributed by atoms with Crippen LogP contribution < -0.4 is 20.3 Å². The van der Waals surface area contributed by atoms with E-state index in [2.05, 4.69) is 10.6 Å². The van der Waals surface area contributed by atoms with E-state index in [4.69, 9.17) is 4.74 Å². The first-order valence-corrected chi connectivity index (χ1v) is 7.59. The van der Waals surface area contributed by atoms with Crippen molar-refractivity contribution in [2.24, 2.45) is 0 Å². The topological polar surface area (TPSA) is 87.7 Å². The highest BCUT2D eigenvalue weighted by molar-refractivity contribution is 6.16. The molecule has 23 heavy (non-hydrogen) atoms. The molecule has 0 saturated carbocycles. The van der Waals surface area contributed by atoms with Crippen LogP contribution in [0.1, 0.15) is 20.8 Å². The fourth-order valence-electron chi connectivity index (χ4n) is 2.44. The molecule has 0 aromatic heterocycles. The first-order valence-electron chi connectivity index (χ1n) is 7.59. The minimum atomic E-state index is -1.70. The Morgan fingerprint density at radius 2 is 1.91 bits per heavy atom. The number of carbonyl (C=O) groups is 3. The summed E-state index contributed by atoms with van der Waals surface area (Å²) in [5.41, 5.74) is -1.06. The maximum atomic E-state index is 12.7. The summed E-state index contributed by atoms with van der Waals surface area (Å²) in [7, 11) is 0. The van der Waals surface area contributed by atoms with E-state index >= 15 is 0 Å². The Morgan fingerprint density at radius 3 is 2.57 bits per heavy atom. The molecule has 1 unspecified atom stereocenters. The van der Waals surface area contributed by atoms with Crippen molar-refractivity contribution >= 4 is 23.4 Å². The minimum absolute atomic E-state index is 0.202. The van der Waals surface area contributed by atoms with Crippen LogP contribution in [0.5, 0.6) is 5.75 Å². The molecule has 1 atom stereocenters. The fraction of sp³-hybridized carbons (Fsp3) is 0.438. The molecule has 0 spiro atoms. The number of nitrogens with one attached hydrogen (secondary N) is 2. The first-order chi connectivity index (χ1) is 10.9. The van der Waals surface area contributed by atoms with Gasteiger partial charge in [0.1, 0.15) is 5.75 Å². The van der Waals surface area contributed by atoms with E-state index in [9.17, 15) is 14.4 Å². The Bertz CT molecular complexity index is 632. The number of ether oxygens (including phenoxy) is 1. The molecule has 7 heteroatoms. The Balaban J connectivity index is 2.22. The number of para-hydroxylation sites is 2. The monoisotopic (exact) mass is 319 g/mol. The predicted molar refractivity (Wildman–Crippen MR) is 85.2 cm³/mol. The lowest BCUT2D eigenvalue weighted by molar-refractivity contribution is -0.149. The molecule has 1 heterocycles. The van der Waals surface area contributed by atoms with E-state index in [1.165, 1.54) is 11.8 Å². The van der Waals surface area contributed by atoms with Gasteiger partial charge in [-0.15, -0.1) is 0 Å². The van der Waals surface area contributed by atoms with Crippen molar-refractivity contribution in [3.8, 4) is 5.75 Å². The second-order valence-electron chi connectivity index (χ2n) is 5.29. The number of hydrogen-bond acceptors (Lipinski definition) is 4. The molecule has 1 aromatic carbocycles. The molecule has 0 saturated heterocycles. The zero-order chi connectivity index (χ0) is 17.0. The molecule has 1 aromatic rings. The van der Waals surface area contributed by atoms with Gasteiger partial charge in [-0.3, -0.25) is 14.4 Å². The molecule has 1 aliphatic heterocycles. The van der Waals surface area contributed by atoms with Crippen molar-refractivity contribution in [3.05, 3.63) is 24.3 Å². The van der Waals surface area contributed by atoms with E-state index in [-0.39, 0.29) is 12.5 Å². The summed E-state index contributed by atoms with van der Waals surface area (Å²) in [4.78, 5) is 38.1. The van der Waals surface area contributed by atoms with E-state index in [0.717, 1.165) is 0 Å². The van der Waals surface area contributed by atoms with Crippen LogP contribution in [0.25, 0.3) is 0 Å². The Hall–Kier alpha value is -2.57. The normalized spacial score (nSPS) is 19.6. The van der Waals surface area contributed by atoms with Gasteiger partial charge < -0.3 is 20.3 Å². The number of carbonyl (C=O) groups excluding carboxylic acids is 3. The largest absolute Gasteiger partial charge is 0.466 e. The molecule has 0 fully saturated rings. The van der Waals surface area contributed by atoms with Gasteiger partial charge in [0.15, 0.2) is 0 Å². The van der Waals surface area contributed by atoms with Crippen molar-refractivity contribution in [3.63, 3.8) is 0 Å². The highest BCUT2D eigenvalue weighted by Gasteiger charge is 2.50. The lowest BCUT2D eigenvalue weighted by Crippen LogP contribution is -2.62. The predicted octanol–water partition coefficient (Wildman–Crippen LogP) is 0.443. The minimum Gasteiger partial charge on any atom is -0.466 e. The van der Waals surface area contributed by atoms with Gasteiger partial charge in [0.25, 0.3) is 17.4 Å². The van der Waals surface area contributed by atoms with Crippen LogP contribution >= 0.6 is 0 Å². The van der Waals surface area contributed by atoms with E-state index in [0.29, 0.717) is 24.5 Å². The molecule has 7 nitrogen and oxygen atoms in total. The average Bonchev–Trinajstić information content (AvgIpc) is 2.54. The third-order valence-electron chi connectivity index (χ3n) is 3.66. The van der Waals surface area contributed by atoms with Crippen molar-refractivity contribution in [1.29, 1.82) is 0 Å². The van der Waals surface area contributed by atoms with Gasteiger partial charge in [0.05, 0.1) is 12.2 Å². The Labute approximate surface area is 135 Å². The molecular weight excluding hydrogens is 298 g/mol. The highest BCUT2D eigenvalue weighted by Crippen LogP contribution is 2.37. The number of benzene rings is 1. The number of fused-ring (bicyclic) bond motifs is 1. The number of nitrogens with zero attached hydrogens (tertiary/aromatic N) is 1. The van der Waals surface area contributed by atoms with Gasteiger partial charge in [-0.1, -0.05) is 12.1 Å². The fourth-order valence-corrected chi connectivity index (χ4v) is 2.44. The van der Waals surface area contributed by atoms with Crippen LogP contribution in [0, 0.1) is 0 Å². The third kappa shape index (κ3) is 3.13. The van der Waals surface area contributed by atoms with E-state index in [1.807, 2.05) is 6.92 Å². The standard InChI is InChI=1S/C16H21N3O4/c1-4-17-13(20)10-18-14(21)16(3)15(22)19(5-2)11-8-6-7-9-12(11)23-16/h6-9H,4-5,10H2,1-3H3,(H,17,20)(H,18,21). The first kappa shape index (κ1) is 16.8. The molecule has 3 amide bonds. The van der Waals surface area contributed by atoms with E-state index in [1.54, 1.807) is 31.2 Å². The molecule has 0 aliphatic carbocycles. The number of anilines is 1. The lowest BCUT2D eigenvalue weighted by atomic mass is 10.00. The SMILES string of the molecule is CCNC(=O)CNC(=O)C1(C)Oc2ccccc2N(CC)C1=O. The maximum absolute atomic E-state index is 12.7. The van der Waals surface area contributed by atoms with Crippen LogP contribution in [0.15, 0.2) is 24.3 Å². The van der Waals surface area contributed by atoms with Gasteiger partial charge in [0, 0.05) is 13.1 Å². The van der Waals surface area contributed by atoms with Crippen molar-refractivity contribution in [2.75, 3.05) is 24.5 Å². The van der Waals surface area contributed by atoms with Crippen molar-refractivity contribution in [2.45, 2.75) is 26.4 Å². The summed E-state index contributed by atoms with van der Waals surface area (Å²) >= 11 is 0. The van der Waals surface area contributed by atoms with Crippen LogP contribution in [-0.2, 0) is 14.4 Å². The van der Waals surface area contributed by atoms with Crippen LogP contribution in [0.4, 0.5) is 5.69 Å². The van der Waals surface area contributed by atoms with Gasteiger partial charge >= 0.3 is 0 Å². The smallest absolute Gasteiger partial charge is 0.280 e. The second kappa shape index (κ2) is 6.68. The van der Waals surface area contributed by atoms with Crippen LogP contribution in [-0.4, -0.2) is 43.0 Å². The Morgan fingerprint density at radius 1 is 1.22 bits per heavy atom.